The normalized spacial score (nSPS) is 14.5. The van der Waals surface area contributed by atoms with Gasteiger partial charge >= 0.3 is 12.0 Å². The molecule has 1 aliphatic rings. The number of ether oxygens (including phenoxy) is 3. The molecular weight excluding hydrogens is 452 g/mol. The second kappa shape index (κ2) is 9.92. The van der Waals surface area contributed by atoms with Crippen LogP contribution in [0.1, 0.15) is 15.9 Å². The van der Waals surface area contributed by atoms with Crippen LogP contribution in [0.3, 0.4) is 0 Å². The van der Waals surface area contributed by atoms with Crippen LogP contribution in [0.4, 0.5) is 10.5 Å². The second-order valence-corrected chi connectivity index (χ2v) is 7.30. The number of urea groups is 1. The number of para-hydroxylation sites is 2. The number of carbonyl (C=O) groups is 4. The van der Waals surface area contributed by atoms with Gasteiger partial charge in [0.05, 0.1) is 25.5 Å². The maximum atomic E-state index is 13.2. The highest BCUT2D eigenvalue weighted by atomic mass is 16.6. The van der Waals surface area contributed by atoms with E-state index in [1.54, 1.807) is 54.6 Å². The number of benzene rings is 3. The zero-order valence-corrected chi connectivity index (χ0v) is 18.8. The van der Waals surface area contributed by atoms with Crippen molar-refractivity contribution >= 4 is 35.6 Å². The van der Waals surface area contributed by atoms with Gasteiger partial charge in [-0.2, -0.15) is 0 Å². The minimum absolute atomic E-state index is 0.161. The van der Waals surface area contributed by atoms with Gasteiger partial charge in [0.2, 0.25) is 0 Å². The van der Waals surface area contributed by atoms with E-state index in [4.69, 9.17) is 14.2 Å². The smallest absolute Gasteiger partial charge is 0.343 e. The van der Waals surface area contributed by atoms with Gasteiger partial charge in [-0.15, -0.1) is 0 Å². The average molecular weight is 472 g/mol. The lowest BCUT2D eigenvalue weighted by Gasteiger charge is -2.27. The fourth-order valence-corrected chi connectivity index (χ4v) is 3.45. The molecular formula is C26H20N2O7. The lowest BCUT2D eigenvalue weighted by molar-refractivity contribution is -0.122. The molecule has 4 rings (SSSR count). The molecule has 4 amide bonds. The summed E-state index contributed by atoms with van der Waals surface area (Å²) in [6, 6.07) is 18.6. The summed E-state index contributed by atoms with van der Waals surface area (Å²) in [5.74, 6) is -1.57. The summed E-state index contributed by atoms with van der Waals surface area (Å²) in [6.45, 7) is 0. The topological polar surface area (TPSA) is 111 Å². The lowest BCUT2D eigenvalue weighted by Crippen LogP contribution is -2.54. The largest absolute Gasteiger partial charge is 0.495 e. The van der Waals surface area contributed by atoms with E-state index in [9.17, 15) is 19.2 Å². The maximum Gasteiger partial charge on any atom is 0.343 e. The van der Waals surface area contributed by atoms with Gasteiger partial charge < -0.3 is 14.2 Å². The Kier molecular flexibility index (Phi) is 6.59. The highest BCUT2D eigenvalue weighted by Gasteiger charge is 2.38. The molecule has 176 valence electrons. The minimum atomic E-state index is -0.887. The van der Waals surface area contributed by atoms with Crippen molar-refractivity contribution in [2.75, 3.05) is 19.1 Å². The fourth-order valence-electron chi connectivity index (χ4n) is 3.45. The first kappa shape index (κ1) is 23.2. The van der Waals surface area contributed by atoms with Crippen LogP contribution < -0.4 is 24.4 Å². The van der Waals surface area contributed by atoms with Crippen molar-refractivity contribution in [1.82, 2.24) is 5.32 Å². The van der Waals surface area contributed by atoms with Gasteiger partial charge in [0.1, 0.15) is 11.3 Å². The zero-order chi connectivity index (χ0) is 24.9. The van der Waals surface area contributed by atoms with E-state index in [0.29, 0.717) is 11.1 Å². The van der Waals surface area contributed by atoms with Crippen LogP contribution in [-0.4, -0.2) is 38.0 Å². The monoisotopic (exact) mass is 472 g/mol. The second-order valence-electron chi connectivity index (χ2n) is 7.30. The number of hydrogen-bond donors (Lipinski definition) is 1. The molecule has 1 saturated heterocycles. The van der Waals surface area contributed by atoms with Gasteiger partial charge in [-0.25, -0.2) is 14.5 Å². The van der Waals surface area contributed by atoms with Crippen LogP contribution in [0.15, 0.2) is 78.4 Å². The van der Waals surface area contributed by atoms with Gasteiger partial charge in [0.15, 0.2) is 11.5 Å². The number of hydrogen-bond acceptors (Lipinski definition) is 7. The van der Waals surface area contributed by atoms with Crippen molar-refractivity contribution in [3.63, 3.8) is 0 Å². The molecule has 0 saturated carbocycles. The van der Waals surface area contributed by atoms with Crippen LogP contribution in [0.5, 0.6) is 17.2 Å². The molecule has 3 aromatic rings. The molecule has 0 radical (unpaired) electrons. The average Bonchev–Trinajstić information content (AvgIpc) is 2.88. The van der Waals surface area contributed by atoms with E-state index in [1.165, 1.54) is 38.5 Å². The Balaban J connectivity index is 1.65. The quantitative estimate of drug-likeness (QED) is 0.253. The van der Waals surface area contributed by atoms with E-state index in [-0.39, 0.29) is 28.5 Å². The molecule has 0 unspecified atom stereocenters. The zero-order valence-electron chi connectivity index (χ0n) is 18.8. The molecule has 9 heteroatoms. The molecule has 1 heterocycles. The van der Waals surface area contributed by atoms with E-state index in [2.05, 4.69) is 5.32 Å². The van der Waals surface area contributed by atoms with Gasteiger partial charge in [-0.05, 0) is 48.0 Å². The minimum Gasteiger partial charge on any atom is -0.495 e. The summed E-state index contributed by atoms with van der Waals surface area (Å²) in [6.07, 6.45) is 1.32. The predicted molar refractivity (Wildman–Crippen MR) is 126 cm³/mol. The van der Waals surface area contributed by atoms with Crippen molar-refractivity contribution in [1.29, 1.82) is 0 Å². The Hall–Kier alpha value is -4.92. The highest BCUT2D eigenvalue weighted by Crippen LogP contribution is 2.32. The van der Waals surface area contributed by atoms with Gasteiger partial charge in [0.25, 0.3) is 11.8 Å². The Morgan fingerprint density at radius 3 is 2.23 bits per heavy atom. The summed E-state index contributed by atoms with van der Waals surface area (Å²) in [7, 11) is 2.80. The third kappa shape index (κ3) is 4.74. The number of nitrogens with zero attached hydrogens (tertiary/aromatic N) is 1. The first-order chi connectivity index (χ1) is 16.9. The molecule has 0 spiro atoms. The van der Waals surface area contributed by atoms with Crippen LogP contribution in [-0.2, 0) is 9.59 Å². The van der Waals surface area contributed by atoms with Gasteiger partial charge in [-0.3, -0.25) is 14.9 Å². The van der Waals surface area contributed by atoms with Gasteiger partial charge in [-0.1, -0.05) is 36.4 Å². The van der Waals surface area contributed by atoms with Crippen molar-refractivity contribution in [3.05, 3.63) is 89.5 Å². The number of barbiturate groups is 1. The van der Waals surface area contributed by atoms with Crippen LogP contribution in [0, 0.1) is 0 Å². The number of imide groups is 2. The fraction of sp³-hybridized carbons (Fsp3) is 0.0769. The molecule has 1 aliphatic heterocycles. The predicted octanol–water partition coefficient (Wildman–Crippen LogP) is 3.59. The van der Waals surface area contributed by atoms with Crippen LogP contribution in [0.25, 0.3) is 6.08 Å². The summed E-state index contributed by atoms with van der Waals surface area (Å²) >= 11 is 0. The van der Waals surface area contributed by atoms with Crippen molar-refractivity contribution in [2.45, 2.75) is 0 Å². The standard InChI is InChI=1S/C26H20N2O7/c1-33-20-11-7-6-10-19(20)28-24(30)18(23(29)27-26(28)32)14-16-12-13-21(22(15-16)34-2)35-25(31)17-8-4-3-5-9-17/h3-15H,1-2H3,(H,27,29,32)/b18-14+. The molecule has 1 N–H and O–H groups in total. The molecule has 1 fully saturated rings. The molecule has 0 aromatic heterocycles. The number of rotatable bonds is 6. The summed E-state index contributed by atoms with van der Waals surface area (Å²) < 4.78 is 16.0. The molecule has 0 bridgehead atoms. The number of nitrogens with one attached hydrogen (secondary N) is 1. The Labute approximate surface area is 200 Å². The summed E-state index contributed by atoms with van der Waals surface area (Å²) in [5.41, 5.74) is 0.698. The lowest BCUT2D eigenvalue weighted by atomic mass is 10.1. The molecule has 3 aromatic carbocycles. The first-order valence-corrected chi connectivity index (χ1v) is 10.4. The van der Waals surface area contributed by atoms with E-state index >= 15 is 0 Å². The number of amides is 4. The highest BCUT2D eigenvalue weighted by molar-refractivity contribution is 6.39. The van der Waals surface area contributed by atoms with Gasteiger partial charge in [0, 0.05) is 0 Å². The molecule has 9 nitrogen and oxygen atoms in total. The van der Waals surface area contributed by atoms with E-state index in [1.807, 2.05) is 0 Å². The first-order valence-electron chi connectivity index (χ1n) is 10.4. The molecule has 0 aliphatic carbocycles. The molecule has 0 atom stereocenters. The SMILES string of the molecule is COc1cc(/C=C2\C(=O)NC(=O)N(c3ccccc3OC)C2=O)ccc1OC(=O)c1ccccc1. The third-order valence-corrected chi connectivity index (χ3v) is 5.14. The number of carbonyl (C=O) groups excluding carboxylic acids is 4. The van der Waals surface area contributed by atoms with Crippen LogP contribution >= 0.6 is 0 Å². The summed E-state index contributed by atoms with van der Waals surface area (Å²) in [4.78, 5) is 51.3. The van der Waals surface area contributed by atoms with Crippen molar-refractivity contribution in [2.24, 2.45) is 0 Å². The Morgan fingerprint density at radius 1 is 0.829 bits per heavy atom. The Bertz CT molecular complexity index is 1350. The number of methoxy groups -OCH3 is 2. The summed E-state index contributed by atoms with van der Waals surface area (Å²) in [5, 5.41) is 2.17. The number of anilines is 1. The van der Waals surface area contributed by atoms with Crippen molar-refractivity contribution < 1.29 is 33.4 Å². The van der Waals surface area contributed by atoms with Crippen molar-refractivity contribution in [3.8, 4) is 17.2 Å². The van der Waals surface area contributed by atoms with E-state index in [0.717, 1.165) is 4.90 Å². The Morgan fingerprint density at radius 2 is 1.51 bits per heavy atom. The van der Waals surface area contributed by atoms with Crippen LogP contribution in [0.2, 0.25) is 0 Å². The molecule has 35 heavy (non-hydrogen) atoms. The number of esters is 1. The third-order valence-electron chi connectivity index (χ3n) is 5.14. The van der Waals surface area contributed by atoms with E-state index < -0.39 is 23.8 Å². The maximum absolute atomic E-state index is 13.2.